The largest absolute Gasteiger partial charge is 0.481 e. The molecule has 0 aromatic heterocycles. The van der Waals surface area contributed by atoms with Gasteiger partial charge in [-0.15, -0.1) is 0 Å². The van der Waals surface area contributed by atoms with Crippen LogP contribution in [-0.2, 0) is 10.2 Å². The van der Waals surface area contributed by atoms with Gasteiger partial charge in [0.25, 0.3) is 0 Å². The molecule has 1 aromatic carbocycles. The lowest BCUT2D eigenvalue weighted by Crippen LogP contribution is -2.38. The number of carbonyl (C=O) groups is 2. The highest BCUT2D eigenvalue weighted by Crippen LogP contribution is 2.28. The Kier molecular flexibility index (Phi) is 6.41. The molecule has 2 amide bonds. The molecule has 5 heteroatoms. The summed E-state index contributed by atoms with van der Waals surface area (Å²) in [6, 6.07) is 7.42. The molecule has 24 heavy (non-hydrogen) atoms. The highest BCUT2D eigenvalue weighted by Gasteiger charge is 2.27. The van der Waals surface area contributed by atoms with Crippen molar-refractivity contribution < 1.29 is 14.7 Å². The van der Waals surface area contributed by atoms with Crippen LogP contribution in [0, 0.1) is 11.3 Å². The first-order chi connectivity index (χ1) is 10.9. The fourth-order valence-electron chi connectivity index (χ4n) is 2.34. The average molecular weight is 334 g/mol. The van der Waals surface area contributed by atoms with Crippen molar-refractivity contribution in [2.45, 2.75) is 53.4 Å². The summed E-state index contributed by atoms with van der Waals surface area (Å²) in [5, 5.41) is 14.6. The number of aliphatic carboxylic acids is 1. The third-order valence-electron chi connectivity index (χ3n) is 4.16. The first kappa shape index (κ1) is 20.0. The molecule has 1 atom stereocenters. The Hall–Kier alpha value is -2.04. The molecule has 0 saturated carbocycles. The normalized spacial score (nSPS) is 13.2. The number of nitrogens with one attached hydrogen (secondary N) is 2. The van der Waals surface area contributed by atoms with Crippen molar-refractivity contribution in [3.05, 3.63) is 29.8 Å². The lowest BCUT2D eigenvalue weighted by atomic mass is 9.79. The van der Waals surface area contributed by atoms with Crippen LogP contribution in [0.4, 0.5) is 10.5 Å². The Balaban J connectivity index is 2.60. The number of anilines is 1. The van der Waals surface area contributed by atoms with Gasteiger partial charge in [-0.1, -0.05) is 53.7 Å². The van der Waals surface area contributed by atoms with Crippen molar-refractivity contribution in [1.82, 2.24) is 5.32 Å². The van der Waals surface area contributed by atoms with Crippen LogP contribution in [0.2, 0.25) is 0 Å². The summed E-state index contributed by atoms with van der Waals surface area (Å²) in [4.78, 5) is 23.0. The van der Waals surface area contributed by atoms with E-state index < -0.39 is 5.97 Å². The van der Waals surface area contributed by atoms with Gasteiger partial charge in [-0.2, -0.15) is 0 Å². The zero-order valence-corrected chi connectivity index (χ0v) is 15.6. The van der Waals surface area contributed by atoms with Gasteiger partial charge in [-0.25, -0.2) is 4.79 Å². The summed E-state index contributed by atoms with van der Waals surface area (Å²) in [6.45, 7) is 12.7. The second-order valence-electron chi connectivity index (χ2n) is 8.32. The van der Waals surface area contributed by atoms with Crippen molar-refractivity contribution in [3.63, 3.8) is 0 Å². The number of urea groups is 1. The number of amides is 2. The van der Waals surface area contributed by atoms with E-state index in [4.69, 9.17) is 5.11 Å². The van der Waals surface area contributed by atoms with Gasteiger partial charge in [0.2, 0.25) is 0 Å². The molecular formula is C19H30N2O3. The second-order valence-corrected chi connectivity index (χ2v) is 8.32. The van der Waals surface area contributed by atoms with E-state index in [0.717, 1.165) is 0 Å². The molecule has 5 nitrogen and oxygen atoms in total. The first-order valence-electron chi connectivity index (χ1n) is 8.27. The maximum Gasteiger partial charge on any atom is 0.319 e. The van der Waals surface area contributed by atoms with Crippen LogP contribution in [0.25, 0.3) is 0 Å². The number of carboxylic acids is 1. The van der Waals surface area contributed by atoms with Crippen LogP contribution < -0.4 is 10.6 Å². The Morgan fingerprint density at radius 3 is 2.00 bits per heavy atom. The minimum Gasteiger partial charge on any atom is -0.481 e. The van der Waals surface area contributed by atoms with Crippen molar-refractivity contribution in [2.24, 2.45) is 11.3 Å². The SMILES string of the molecule is CC(C)(C)c1ccc(NC(=O)NCC(CC(=O)O)C(C)(C)C)cc1. The number of carboxylic acid groups (broad SMARTS) is 1. The lowest BCUT2D eigenvalue weighted by molar-refractivity contribution is -0.139. The highest BCUT2D eigenvalue weighted by atomic mass is 16.4. The fourth-order valence-corrected chi connectivity index (χ4v) is 2.34. The zero-order chi connectivity index (χ0) is 18.5. The Morgan fingerprint density at radius 2 is 1.58 bits per heavy atom. The van der Waals surface area contributed by atoms with Crippen molar-refractivity contribution in [1.29, 1.82) is 0 Å². The second kappa shape index (κ2) is 7.69. The molecule has 0 saturated heterocycles. The molecule has 0 aliphatic rings. The number of hydrogen-bond acceptors (Lipinski definition) is 2. The summed E-state index contributed by atoms with van der Waals surface area (Å²) in [5.74, 6) is -0.987. The van der Waals surface area contributed by atoms with Gasteiger partial charge in [0.15, 0.2) is 0 Å². The quantitative estimate of drug-likeness (QED) is 0.753. The smallest absolute Gasteiger partial charge is 0.319 e. The third-order valence-corrected chi connectivity index (χ3v) is 4.16. The Labute approximate surface area is 144 Å². The van der Waals surface area contributed by atoms with E-state index in [1.54, 1.807) is 0 Å². The van der Waals surface area contributed by atoms with E-state index >= 15 is 0 Å². The van der Waals surface area contributed by atoms with Crippen molar-refractivity contribution >= 4 is 17.7 Å². The molecule has 0 aliphatic heterocycles. The highest BCUT2D eigenvalue weighted by molar-refractivity contribution is 5.89. The van der Waals surface area contributed by atoms with E-state index in [-0.39, 0.29) is 29.2 Å². The molecule has 1 rings (SSSR count). The van der Waals surface area contributed by atoms with Crippen LogP contribution >= 0.6 is 0 Å². The molecule has 0 heterocycles. The van der Waals surface area contributed by atoms with Gasteiger partial charge < -0.3 is 15.7 Å². The van der Waals surface area contributed by atoms with Gasteiger partial charge in [-0.3, -0.25) is 4.79 Å². The summed E-state index contributed by atoms with van der Waals surface area (Å²) in [6.07, 6.45) is 0.0318. The van der Waals surface area contributed by atoms with E-state index in [0.29, 0.717) is 12.2 Å². The van der Waals surface area contributed by atoms with Crippen molar-refractivity contribution in [2.75, 3.05) is 11.9 Å². The van der Waals surface area contributed by atoms with Crippen LogP contribution in [-0.4, -0.2) is 23.7 Å². The standard InChI is InChI=1S/C19H30N2O3/c1-18(2,3)13-7-9-15(10-8-13)21-17(24)20-12-14(11-16(22)23)19(4,5)6/h7-10,14H,11-12H2,1-6H3,(H,22,23)(H2,20,21,24). The molecule has 0 radical (unpaired) electrons. The Morgan fingerprint density at radius 1 is 1.04 bits per heavy atom. The third kappa shape index (κ3) is 6.60. The summed E-state index contributed by atoms with van der Waals surface area (Å²) in [7, 11) is 0. The molecule has 134 valence electrons. The van der Waals surface area contributed by atoms with Crippen LogP contribution in [0.15, 0.2) is 24.3 Å². The predicted molar refractivity (Wildman–Crippen MR) is 97.4 cm³/mol. The lowest BCUT2D eigenvalue weighted by Gasteiger charge is -2.29. The molecule has 0 bridgehead atoms. The van der Waals surface area contributed by atoms with Gasteiger partial charge in [0.1, 0.15) is 0 Å². The predicted octanol–water partition coefficient (Wildman–Crippen LogP) is 4.24. The van der Waals surface area contributed by atoms with Gasteiger partial charge in [0.05, 0.1) is 6.42 Å². The van der Waals surface area contributed by atoms with Gasteiger partial charge in [-0.05, 0) is 34.4 Å². The Bertz CT molecular complexity index is 566. The molecule has 0 spiro atoms. The molecular weight excluding hydrogens is 304 g/mol. The summed E-state index contributed by atoms with van der Waals surface area (Å²) in [5.41, 5.74) is 1.78. The van der Waals surface area contributed by atoms with Crippen LogP contribution in [0.5, 0.6) is 0 Å². The minimum atomic E-state index is -0.852. The van der Waals surface area contributed by atoms with Crippen LogP contribution in [0.1, 0.15) is 53.5 Å². The summed E-state index contributed by atoms with van der Waals surface area (Å²) >= 11 is 0. The molecule has 0 fully saturated rings. The number of benzene rings is 1. The molecule has 1 aromatic rings. The van der Waals surface area contributed by atoms with E-state index in [1.807, 2.05) is 45.0 Å². The topological polar surface area (TPSA) is 78.4 Å². The van der Waals surface area contributed by atoms with E-state index in [9.17, 15) is 9.59 Å². The first-order valence-corrected chi connectivity index (χ1v) is 8.27. The fraction of sp³-hybridized carbons (Fsp3) is 0.579. The molecule has 0 aliphatic carbocycles. The van der Waals surface area contributed by atoms with E-state index in [2.05, 4.69) is 31.4 Å². The number of carbonyl (C=O) groups excluding carboxylic acids is 1. The maximum atomic E-state index is 12.0. The average Bonchev–Trinajstić information content (AvgIpc) is 2.41. The monoisotopic (exact) mass is 334 g/mol. The van der Waals surface area contributed by atoms with E-state index in [1.165, 1.54) is 5.56 Å². The maximum absolute atomic E-state index is 12.0. The zero-order valence-electron chi connectivity index (χ0n) is 15.6. The molecule has 3 N–H and O–H groups in total. The summed E-state index contributed by atoms with van der Waals surface area (Å²) < 4.78 is 0. The number of rotatable bonds is 5. The number of hydrogen-bond donors (Lipinski definition) is 3. The van der Waals surface area contributed by atoms with Gasteiger partial charge in [0, 0.05) is 12.2 Å². The van der Waals surface area contributed by atoms with Gasteiger partial charge >= 0.3 is 12.0 Å². The minimum absolute atomic E-state index is 0.0318. The molecule has 1 unspecified atom stereocenters. The van der Waals surface area contributed by atoms with Crippen LogP contribution in [0.3, 0.4) is 0 Å². The van der Waals surface area contributed by atoms with Crippen molar-refractivity contribution in [3.8, 4) is 0 Å².